The highest BCUT2D eigenvalue weighted by atomic mass is 16.5. The number of hydrogen-bond donors (Lipinski definition) is 0. The number of benzene rings is 1. The second-order valence-electron chi connectivity index (χ2n) is 4.21. The van der Waals surface area contributed by atoms with Gasteiger partial charge in [-0.1, -0.05) is 0 Å². The fraction of sp³-hybridized carbons (Fsp3) is 0.286. The van der Waals surface area contributed by atoms with Gasteiger partial charge in [0.15, 0.2) is 0 Å². The van der Waals surface area contributed by atoms with E-state index in [1.54, 1.807) is 12.1 Å². The zero-order valence-corrected chi connectivity index (χ0v) is 11.1. The second-order valence-corrected chi connectivity index (χ2v) is 4.21. The first-order valence-electron chi connectivity index (χ1n) is 5.80. The van der Waals surface area contributed by atoms with Gasteiger partial charge < -0.3 is 14.0 Å². The van der Waals surface area contributed by atoms with Gasteiger partial charge in [0.25, 0.3) is 0 Å². The van der Waals surface area contributed by atoms with Crippen LogP contribution in [-0.4, -0.2) is 30.7 Å². The van der Waals surface area contributed by atoms with Crippen LogP contribution in [0.3, 0.4) is 0 Å². The first-order chi connectivity index (χ1) is 9.06. The Morgan fingerprint density at radius 1 is 1.16 bits per heavy atom. The molecule has 0 N–H and O–H groups in total. The third kappa shape index (κ3) is 2.45. The molecule has 0 atom stereocenters. The Bertz CT molecular complexity index is 642. The molecule has 1 aromatic heterocycles. The zero-order valence-electron chi connectivity index (χ0n) is 11.1. The lowest BCUT2D eigenvalue weighted by atomic mass is 10.1. The van der Waals surface area contributed by atoms with Gasteiger partial charge in [-0.05, 0) is 24.3 Å². The van der Waals surface area contributed by atoms with Gasteiger partial charge in [-0.15, -0.1) is 0 Å². The summed E-state index contributed by atoms with van der Waals surface area (Å²) in [6.45, 7) is 0. The fourth-order valence-corrected chi connectivity index (χ4v) is 2.04. The lowest BCUT2D eigenvalue weighted by molar-refractivity contribution is -0.139. The quantitative estimate of drug-likeness (QED) is 0.789. The van der Waals surface area contributed by atoms with Gasteiger partial charge in [-0.2, -0.15) is 0 Å². The topological polar surface area (TPSA) is 57.5 Å². The van der Waals surface area contributed by atoms with Crippen LogP contribution in [0.15, 0.2) is 24.3 Å². The summed E-state index contributed by atoms with van der Waals surface area (Å²) in [6, 6.07) is 7.17. The van der Waals surface area contributed by atoms with Gasteiger partial charge in [-0.3, -0.25) is 4.79 Å². The summed E-state index contributed by atoms with van der Waals surface area (Å²) in [5.41, 5.74) is 2.28. The molecule has 1 aromatic carbocycles. The highest BCUT2D eigenvalue weighted by molar-refractivity contribution is 5.95. The largest absolute Gasteiger partial charge is 0.469 e. The highest BCUT2D eigenvalue weighted by Gasteiger charge is 2.12. The van der Waals surface area contributed by atoms with Crippen LogP contribution in [0.25, 0.3) is 10.9 Å². The predicted octanol–water partition coefficient (Wildman–Crippen LogP) is 1.68. The van der Waals surface area contributed by atoms with Crippen molar-refractivity contribution in [1.82, 2.24) is 4.57 Å². The maximum absolute atomic E-state index is 11.5. The van der Waals surface area contributed by atoms with Crippen molar-refractivity contribution in [2.45, 2.75) is 6.42 Å². The molecule has 0 aliphatic carbocycles. The van der Waals surface area contributed by atoms with Crippen molar-refractivity contribution >= 4 is 22.8 Å². The Kier molecular flexibility index (Phi) is 3.55. The number of rotatable bonds is 3. The van der Waals surface area contributed by atoms with Crippen LogP contribution in [0.2, 0.25) is 0 Å². The van der Waals surface area contributed by atoms with E-state index in [-0.39, 0.29) is 18.4 Å². The van der Waals surface area contributed by atoms with Crippen molar-refractivity contribution in [2.24, 2.45) is 7.05 Å². The van der Waals surface area contributed by atoms with Gasteiger partial charge in [0.1, 0.15) is 0 Å². The summed E-state index contributed by atoms with van der Waals surface area (Å²) < 4.78 is 11.3. The van der Waals surface area contributed by atoms with Crippen LogP contribution >= 0.6 is 0 Å². The van der Waals surface area contributed by atoms with Crippen LogP contribution in [0, 0.1) is 0 Å². The maximum atomic E-state index is 11.5. The van der Waals surface area contributed by atoms with Crippen LogP contribution < -0.4 is 0 Å². The monoisotopic (exact) mass is 261 g/mol. The minimum absolute atomic E-state index is 0.204. The van der Waals surface area contributed by atoms with E-state index >= 15 is 0 Å². The average Bonchev–Trinajstić information content (AvgIpc) is 2.73. The Hall–Kier alpha value is -2.30. The first kappa shape index (κ1) is 13.1. The number of methoxy groups -OCH3 is 2. The number of esters is 2. The van der Waals surface area contributed by atoms with E-state index in [0.717, 1.165) is 16.6 Å². The van der Waals surface area contributed by atoms with Crippen LogP contribution in [0.1, 0.15) is 16.1 Å². The van der Waals surface area contributed by atoms with Crippen LogP contribution in [-0.2, 0) is 27.7 Å². The van der Waals surface area contributed by atoms with Crippen molar-refractivity contribution in [3.05, 3.63) is 35.5 Å². The summed E-state index contributed by atoms with van der Waals surface area (Å²) in [5.74, 6) is -0.667. The Morgan fingerprint density at radius 3 is 2.53 bits per heavy atom. The predicted molar refractivity (Wildman–Crippen MR) is 70.0 cm³/mol. The molecule has 0 saturated carbocycles. The molecule has 0 unspecified atom stereocenters. The van der Waals surface area contributed by atoms with E-state index in [1.807, 2.05) is 23.7 Å². The molecule has 0 saturated heterocycles. The molecular formula is C14H15NO4. The number of carbonyl (C=O) groups is 2. The van der Waals surface area contributed by atoms with E-state index < -0.39 is 0 Å². The number of carbonyl (C=O) groups excluding carboxylic acids is 2. The van der Waals surface area contributed by atoms with Gasteiger partial charge in [0.2, 0.25) is 0 Å². The number of fused-ring (bicyclic) bond motifs is 1. The zero-order chi connectivity index (χ0) is 14.0. The van der Waals surface area contributed by atoms with E-state index in [2.05, 4.69) is 9.47 Å². The van der Waals surface area contributed by atoms with Gasteiger partial charge in [-0.25, -0.2) is 4.79 Å². The molecule has 0 radical (unpaired) electrons. The molecule has 0 bridgehead atoms. The minimum Gasteiger partial charge on any atom is -0.469 e. The second kappa shape index (κ2) is 5.14. The number of aryl methyl sites for hydroxylation is 1. The minimum atomic E-state index is -0.375. The molecule has 1 heterocycles. The van der Waals surface area contributed by atoms with Crippen molar-refractivity contribution < 1.29 is 19.1 Å². The molecule has 0 spiro atoms. The summed E-state index contributed by atoms with van der Waals surface area (Å²) in [6.07, 6.45) is 0.204. The van der Waals surface area contributed by atoms with Crippen LogP contribution in [0.5, 0.6) is 0 Å². The molecule has 0 amide bonds. The number of ether oxygens (including phenoxy) is 2. The molecule has 0 aliphatic rings. The smallest absolute Gasteiger partial charge is 0.337 e. The van der Waals surface area contributed by atoms with Crippen molar-refractivity contribution in [2.75, 3.05) is 14.2 Å². The Morgan fingerprint density at radius 2 is 1.89 bits per heavy atom. The molecule has 100 valence electrons. The average molecular weight is 261 g/mol. The summed E-state index contributed by atoms with van der Waals surface area (Å²) in [7, 11) is 4.58. The summed E-state index contributed by atoms with van der Waals surface area (Å²) >= 11 is 0. The molecule has 19 heavy (non-hydrogen) atoms. The lowest BCUT2D eigenvalue weighted by Gasteiger charge is -2.03. The van der Waals surface area contributed by atoms with Gasteiger partial charge in [0.05, 0.1) is 26.2 Å². The first-order valence-corrected chi connectivity index (χ1v) is 5.80. The lowest BCUT2D eigenvalue weighted by Crippen LogP contribution is -2.07. The SMILES string of the molecule is COC(=O)Cc1cc2cc(C(=O)OC)ccc2n1C. The molecule has 2 rings (SSSR count). The van der Waals surface area contributed by atoms with Crippen molar-refractivity contribution in [3.8, 4) is 0 Å². The number of nitrogens with zero attached hydrogens (tertiary/aromatic N) is 1. The summed E-state index contributed by atoms with van der Waals surface area (Å²) in [4.78, 5) is 22.8. The van der Waals surface area contributed by atoms with E-state index in [0.29, 0.717) is 5.56 Å². The normalized spacial score (nSPS) is 10.5. The standard InChI is InChI=1S/C14H15NO4/c1-15-11(8-13(16)18-2)7-10-6-9(14(17)19-3)4-5-12(10)15/h4-7H,8H2,1-3H3. The fourth-order valence-electron chi connectivity index (χ4n) is 2.04. The number of aromatic nitrogens is 1. The maximum Gasteiger partial charge on any atom is 0.337 e. The van der Waals surface area contributed by atoms with Crippen molar-refractivity contribution in [3.63, 3.8) is 0 Å². The molecule has 0 aliphatic heterocycles. The molecule has 0 fully saturated rings. The molecule has 5 nitrogen and oxygen atoms in total. The molecule has 2 aromatic rings. The van der Waals surface area contributed by atoms with E-state index in [4.69, 9.17) is 0 Å². The Labute approximate surface area is 110 Å². The molecular weight excluding hydrogens is 246 g/mol. The van der Waals surface area contributed by atoms with Crippen LogP contribution in [0.4, 0.5) is 0 Å². The molecule has 5 heteroatoms. The van der Waals surface area contributed by atoms with E-state index in [9.17, 15) is 9.59 Å². The van der Waals surface area contributed by atoms with E-state index in [1.165, 1.54) is 14.2 Å². The number of hydrogen-bond acceptors (Lipinski definition) is 4. The third-order valence-corrected chi connectivity index (χ3v) is 3.12. The van der Waals surface area contributed by atoms with Gasteiger partial charge >= 0.3 is 11.9 Å². The summed E-state index contributed by atoms with van der Waals surface area (Å²) in [5, 5.41) is 0.893. The van der Waals surface area contributed by atoms with Gasteiger partial charge in [0, 0.05) is 23.6 Å². The Balaban J connectivity index is 2.45. The van der Waals surface area contributed by atoms with Crippen molar-refractivity contribution in [1.29, 1.82) is 0 Å². The third-order valence-electron chi connectivity index (χ3n) is 3.12. The highest BCUT2D eigenvalue weighted by Crippen LogP contribution is 2.21.